The van der Waals surface area contributed by atoms with Crippen LogP contribution in [0, 0.1) is 5.82 Å². The predicted octanol–water partition coefficient (Wildman–Crippen LogP) is 5.59. The van der Waals surface area contributed by atoms with Crippen LogP contribution in [0.25, 0.3) is 10.9 Å². The minimum atomic E-state index is -4.29. The Bertz CT molecular complexity index is 1140. The fourth-order valence-electron chi connectivity index (χ4n) is 5.06. The Kier molecular flexibility index (Phi) is 9.25. The van der Waals surface area contributed by atoms with Crippen molar-refractivity contribution in [2.45, 2.75) is 62.1 Å². The highest BCUT2D eigenvalue weighted by molar-refractivity contribution is 7.98. The van der Waals surface area contributed by atoms with Gasteiger partial charge in [0.15, 0.2) is 5.82 Å². The Labute approximate surface area is 218 Å². The van der Waals surface area contributed by atoms with E-state index in [2.05, 4.69) is 26.1 Å². The Morgan fingerprint density at radius 2 is 1.92 bits per heavy atom. The average molecular weight is 541 g/mol. The number of nitrogens with zero attached hydrogens (tertiary/aromatic N) is 5. The van der Waals surface area contributed by atoms with Crippen molar-refractivity contribution in [1.82, 2.24) is 24.7 Å². The lowest BCUT2D eigenvalue weighted by molar-refractivity contribution is -0.0344. The molecule has 2 fully saturated rings. The molecule has 2 unspecified atom stereocenters. The Hall–Kier alpha value is -2.44. The van der Waals surface area contributed by atoms with Crippen LogP contribution >= 0.6 is 11.9 Å². The standard InChI is InChI=1S/C14H17FN2.C11H15F3N4OS/c1-17-14-12(9-16-17)7-11(8-13(14)15)10-5-3-2-4-6-10;1-19-9-7-18(10-3-2-5-15-16-10)6-4-8(9)17-20-11(12,13)14/h7-10H,2-6H2,1H3;2-3,5,8-9,17H,4,6-7H2,1H3. The Morgan fingerprint density at radius 3 is 2.59 bits per heavy atom. The lowest BCUT2D eigenvalue weighted by Crippen LogP contribution is -2.52. The molecule has 1 N–H and O–H groups in total. The fourth-order valence-corrected chi connectivity index (χ4v) is 5.62. The molecule has 7 nitrogen and oxygen atoms in total. The van der Waals surface area contributed by atoms with Gasteiger partial charge in [-0.25, -0.2) is 4.39 Å². The monoisotopic (exact) mass is 540 g/mol. The van der Waals surface area contributed by atoms with E-state index in [1.54, 1.807) is 36.3 Å². The van der Waals surface area contributed by atoms with Crippen molar-refractivity contribution in [3.05, 3.63) is 48.0 Å². The van der Waals surface area contributed by atoms with Gasteiger partial charge in [-0.05, 0) is 55.0 Å². The van der Waals surface area contributed by atoms with Crippen LogP contribution in [-0.2, 0) is 11.8 Å². The molecule has 37 heavy (non-hydrogen) atoms. The van der Waals surface area contributed by atoms with Crippen LogP contribution in [0.2, 0.25) is 0 Å². The zero-order chi connectivity index (χ0) is 26.4. The summed E-state index contributed by atoms with van der Waals surface area (Å²) in [5, 5.41) is 12.8. The summed E-state index contributed by atoms with van der Waals surface area (Å²) in [5.41, 5.74) is -2.52. The maximum atomic E-state index is 14.0. The van der Waals surface area contributed by atoms with Crippen molar-refractivity contribution in [2.24, 2.45) is 7.05 Å². The van der Waals surface area contributed by atoms with Crippen molar-refractivity contribution < 1.29 is 22.3 Å². The number of benzene rings is 1. The number of aromatic nitrogens is 4. The molecular formula is C25H32F4N6OS. The summed E-state index contributed by atoms with van der Waals surface area (Å²) in [4.78, 5) is 1.96. The van der Waals surface area contributed by atoms with Gasteiger partial charge in [0.2, 0.25) is 0 Å². The van der Waals surface area contributed by atoms with Crippen LogP contribution in [0.1, 0.15) is 50.0 Å². The van der Waals surface area contributed by atoms with Crippen molar-refractivity contribution in [1.29, 1.82) is 0 Å². The van der Waals surface area contributed by atoms with E-state index in [9.17, 15) is 17.6 Å². The van der Waals surface area contributed by atoms with Gasteiger partial charge in [-0.2, -0.15) is 23.4 Å². The second-order valence-corrected chi connectivity index (χ2v) is 10.3. The molecule has 0 amide bonds. The molecule has 2 aliphatic rings. The summed E-state index contributed by atoms with van der Waals surface area (Å²) in [7, 11) is 3.28. The second kappa shape index (κ2) is 12.4. The summed E-state index contributed by atoms with van der Waals surface area (Å²) in [6, 6.07) is 7.06. The zero-order valence-corrected chi connectivity index (χ0v) is 21.7. The normalized spacial score (nSPS) is 21.1. The SMILES string of the molecule is COC1CN(c2cccnn2)CCC1NSC(F)(F)F.Cn1ncc2cc(C3CCCCC3)cc(F)c21. The number of hydrogen-bond acceptors (Lipinski definition) is 7. The maximum absolute atomic E-state index is 14.0. The summed E-state index contributed by atoms with van der Waals surface area (Å²) in [6.45, 7) is 1.08. The highest BCUT2D eigenvalue weighted by Crippen LogP contribution is 2.35. The Balaban J connectivity index is 0.000000175. The lowest BCUT2D eigenvalue weighted by atomic mass is 9.84. The molecule has 3 heterocycles. The van der Waals surface area contributed by atoms with Crippen LogP contribution in [0.5, 0.6) is 0 Å². The van der Waals surface area contributed by atoms with E-state index in [1.807, 2.05) is 11.0 Å². The number of methoxy groups -OCH3 is 1. The van der Waals surface area contributed by atoms with Gasteiger partial charge >= 0.3 is 5.51 Å². The van der Waals surface area contributed by atoms with Crippen molar-refractivity contribution in [3.8, 4) is 0 Å². The van der Waals surface area contributed by atoms with Crippen molar-refractivity contribution in [2.75, 3.05) is 25.1 Å². The van der Waals surface area contributed by atoms with Gasteiger partial charge in [0.1, 0.15) is 11.3 Å². The number of anilines is 1. The smallest absolute Gasteiger partial charge is 0.378 e. The van der Waals surface area contributed by atoms with Crippen LogP contribution in [0.3, 0.4) is 0 Å². The third-order valence-electron chi connectivity index (χ3n) is 6.96. The molecule has 1 saturated heterocycles. The van der Waals surface area contributed by atoms with Gasteiger partial charge in [-0.3, -0.25) is 9.40 Å². The summed E-state index contributed by atoms with van der Waals surface area (Å²) < 4.78 is 60.0. The van der Waals surface area contributed by atoms with Crippen LogP contribution in [0.15, 0.2) is 36.7 Å². The van der Waals surface area contributed by atoms with E-state index < -0.39 is 5.51 Å². The van der Waals surface area contributed by atoms with E-state index >= 15 is 0 Å². The molecule has 1 aliphatic heterocycles. The number of alkyl halides is 3. The first-order valence-electron chi connectivity index (χ1n) is 12.4. The number of hydrogen-bond donors (Lipinski definition) is 1. The van der Waals surface area contributed by atoms with E-state index in [1.165, 1.54) is 39.2 Å². The molecule has 12 heteroatoms. The van der Waals surface area contributed by atoms with Gasteiger partial charge in [0.25, 0.3) is 0 Å². The van der Waals surface area contributed by atoms with Crippen LogP contribution < -0.4 is 9.62 Å². The van der Waals surface area contributed by atoms with Crippen molar-refractivity contribution in [3.63, 3.8) is 0 Å². The van der Waals surface area contributed by atoms with Gasteiger partial charge < -0.3 is 9.64 Å². The molecule has 1 aliphatic carbocycles. The molecule has 0 bridgehead atoms. The summed E-state index contributed by atoms with van der Waals surface area (Å²) in [6.07, 6.45) is 9.81. The summed E-state index contributed by atoms with van der Waals surface area (Å²) >= 11 is -0.220. The molecule has 2 atom stereocenters. The van der Waals surface area contributed by atoms with Crippen LogP contribution in [0.4, 0.5) is 23.4 Å². The van der Waals surface area contributed by atoms with E-state index in [-0.39, 0.29) is 29.9 Å². The molecule has 0 radical (unpaired) electrons. The Morgan fingerprint density at radius 1 is 1.14 bits per heavy atom. The molecule has 5 rings (SSSR count). The number of ether oxygens (including phenoxy) is 1. The van der Waals surface area contributed by atoms with E-state index in [0.717, 1.165) is 10.9 Å². The predicted molar refractivity (Wildman–Crippen MR) is 137 cm³/mol. The van der Waals surface area contributed by atoms with Gasteiger partial charge in [-0.1, -0.05) is 19.3 Å². The molecule has 1 saturated carbocycles. The summed E-state index contributed by atoms with van der Waals surface area (Å²) in [5.74, 6) is 1.11. The number of rotatable bonds is 5. The third kappa shape index (κ3) is 7.32. The number of aryl methyl sites for hydroxylation is 1. The highest BCUT2D eigenvalue weighted by Gasteiger charge is 2.35. The number of piperidine rings is 1. The highest BCUT2D eigenvalue weighted by atomic mass is 32.2. The molecule has 1 aromatic carbocycles. The van der Waals surface area contributed by atoms with Gasteiger partial charge in [-0.15, -0.1) is 5.10 Å². The van der Waals surface area contributed by atoms with Crippen molar-refractivity contribution >= 4 is 28.7 Å². The number of halogens is 4. The average Bonchev–Trinajstić information content (AvgIpc) is 3.29. The first-order chi connectivity index (χ1) is 17.7. The second-order valence-electron chi connectivity index (χ2n) is 9.41. The maximum Gasteiger partial charge on any atom is 0.456 e. The minimum Gasteiger partial charge on any atom is -0.378 e. The fraction of sp³-hybridized carbons (Fsp3) is 0.560. The first kappa shape index (κ1) is 27.6. The molecule has 0 spiro atoms. The molecular weight excluding hydrogens is 508 g/mol. The molecule has 3 aromatic rings. The number of fused-ring (bicyclic) bond motifs is 1. The first-order valence-corrected chi connectivity index (χ1v) is 13.2. The minimum absolute atomic E-state index is 0.136. The third-order valence-corrected chi connectivity index (χ3v) is 7.61. The lowest BCUT2D eigenvalue weighted by Gasteiger charge is -2.38. The quantitative estimate of drug-likeness (QED) is 0.334. The topological polar surface area (TPSA) is 68.1 Å². The van der Waals surface area contributed by atoms with E-state index in [0.29, 0.717) is 36.8 Å². The van der Waals surface area contributed by atoms with Gasteiger partial charge in [0, 0.05) is 56.8 Å². The van der Waals surface area contributed by atoms with E-state index in [4.69, 9.17) is 4.74 Å². The van der Waals surface area contributed by atoms with Crippen LogP contribution in [-0.4, -0.2) is 57.8 Å². The van der Waals surface area contributed by atoms with Gasteiger partial charge in [0.05, 0.1) is 12.3 Å². The molecule has 2 aromatic heterocycles. The zero-order valence-electron chi connectivity index (χ0n) is 20.9. The number of nitrogens with one attached hydrogen (secondary N) is 1. The molecule has 202 valence electrons. The largest absolute Gasteiger partial charge is 0.456 e.